The minimum absolute atomic E-state index is 0.0219. The minimum Gasteiger partial charge on any atom is -0.507 e. The van der Waals surface area contributed by atoms with Gasteiger partial charge in [0, 0.05) is 16.9 Å². The molecule has 41 heavy (non-hydrogen) atoms. The van der Waals surface area contributed by atoms with Gasteiger partial charge in [0.1, 0.15) is 17.6 Å². The van der Waals surface area contributed by atoms with Crippen molar-refractivity contribution in [3.63, 3.8) is 0 Å². The standard InChI is InChI=1S/C33H48N2O6/c1-2-3-4-5-6-7-8-9-10-11-12-13-14-15-22-30(40-34-38)26-31(25-28-20-16-18-23-32(28)36)41-35(39)27-29-21-17-19-24-33(29)37/h16-21,23-25,27,30,36-37H,2-15,22,26H2,1H3/b31-25?,35-27+. The molecule has 0 bridgehead atoms. The average molecular weight is 569 g/mol. The van der Waals surface area contributed by atoms with Crippen LogP contribution in [0.15, 0.2) is 59.6 Å². The van der Waals surface area contributed by atoms with Crippen LogP contribution in [0.2, 0.25) is 0 Å². The van der Waals surface area contributed by atoms with E-state index in [0.717, 1.165) is 25.5 Å². The van der Waals surface area contributed by atoms with E-state index >= 15 is 0 Å². The number of nitrogens with zero attached hydrogens (tertiary/aromatic N) is 2. The van der Waals surface area contributed by atoms with Gasteiger partial charge in [-0.05, 0) is 37.1 Å². The Labute approximate surface area is 245 Å². The predicted octanol–water partition coefficient (Wildman–Crippen LogP) is 9.33. The van der Waals surface area contributed by atoms with Crippen molar-refractivity contribution >= 4 is 12.3 Å². The molecule has 0 aliphatic heterocycles. The number of hydrogen-bond donors (Lipinski definition) is 2. The average Bonchev–Trinajstić information content (AvgIpc) is 2.95. The van der Waals surface area contributed by atoms with Crippen LogP contribution in [0.4, 0.5) is 0 Å². The first-order valence-electron chi connectivity index (χ1n) is 15.3. The summed E-state index contributed by atoms with van der Waals surface area (Å²) in [5, 5.41) is 35.4. The largest absolute Gasteiger partial charge is 0.507 e. The maximum Gasteiger partial charge on any atom is 0.244 e. The summed E-state index contributed by atoms with van der Waals surface area (Å²) in [6.07, 6.45) is 20.3. The van der Waals surface area contributed by atoms with Gasteiger partial charge in [-0.15, -0.1) is 4.91 Å². The molecule has 1 unspecified atom stereocenters. The zero-order chi connectivity index (χ0) is 29.5. The molecule has 8 heteroatoms. The van der Waals surface area contributed by atoms with E-state index in [4.69, 9.17) is 9.68 Å². The fourth-order valence-electron chi connectivity index (χ4n) is 4.80. The van der Waals surface area contributed by atoms with Crippen LogP contribution in [-0.4, -0.2) is 27.4 Å². The molecule has 2 aromatic rings. The van der Waals surface area contributed by atoms with Crippen LogP contribution in [0, 0.1) is 10.1 Å². The summed E-state index contributed by atoms with van der Waals surface area (Å²) < 4.78 is 0. The molecule has 0 spiro atoms. The van der Waals surface area contributed by atoms with Gasteiger partial charge in [0.2, 0.25) is 6.21 Å². The van der Waals surface area contributed by atoms with Crippen molar-refractivity contribution in [3.8, 4) is 11.5 Å². The number of phenols is 2. The maximum atomic E-state index is 12.6. The topological polar surface area (TPSA) is 114 Å². The van der Waals surface area contributed by atoms with E-state index in [9.17, 15) is 20.3 Å². The van der Waals surface area contributed by atoms with Crippen molar-refractivity contribution in [1.29, 1.82) is 0 Å². The van der Waals surface area contributed by atoms with Gasteiger partial charge in [-0.1, -0.05) is 121 Å². The highest BCUT2D eigenvalue weighted by molar-refractivity contribution is 5.79. The van der Waals surface area contributed by atoms with E-state index < -0.39 is 6.10 Å². The Kier molecular flexibility index (Phi) is 17.4. The Bertz CT molecular complexity index is 1060. The lowest BCUT2D eigenvalue weighted by molar-refractivity contribution is -0.723. The van der Waals surface area contributed by atoms with Crippen LogP contribution in [-0.2, 0) is 9.68 Å². The summed E-state index contributed by atoms with van der Waals surface area (Å²) in [6, 6.07) is 13.0. The monoisotopic (exact) mass is 568 g/mol. The number of hydrogen-bond acceptors (Lipinski definition) is 7. The van der Waals surface area contributed by atoms with Crippen molar-refractivity contribution in [2.75, 3.05) is 0 Å². The van der Waals surface area contributed by atoms with Crippen LogP contribution in [0.3, 0.4) is 0 Å². The Morgan fingerprint density at radius 1 is 0.805 bits per heavy atom. The highest BCUT2D eigenvalue weighted by Crippen LogP contribution is 2.24. The number of rotatable bonds is 23. The summed E-state index contributed by atoms with van der Waals surface area (Å²) >= 11 is 0. The quantitative estimate of drug-likeness (QED) is 0.0345. The third kappa shape index (κ3) is 15.1. The van der Waals surface area contributed by atoms with E-state index in [1.54, 1.807) is 36.4 Å². The number of phenolic OH excluding ortho intramolecular Hbond substituents is 2. The van der Waals surface area contributed by atoms with E-state index in [0.29, 0.717) is 12.0 Å². The Morgan fingerprint density at radius 3 is 1.80 bits per heavy atom. The van der Waals surface area contributed by atoms with Gasteiger partial charge < -0.3 is 19.9 Å². The van der Waals surface area contributed by atoms with Crippen molar-refractivity contribution in [1.82, 2.24) is 0 Å². The smallest absolute Gasteiger partial charge is 0.244 e. The zero-order valence-electron chi connectivity index (χ0n) is 24.6. The molecule has 0 aliphatic rings. The Balaban J connectivity index is 1.82. The van der Waals surface area contributed by atoms with Gasteiger partial charge in [-0.3, -0.25) is 5.21 Å². The lowest BCUT2D eigenvalue weighted by atomic mass is 10.0. The second-order valence-corrected chi connectivity index (χ2v) is 10.6. The second kappa shape index (κ2) is 21.2. The van der Waals surface area contributed by atoms with Crippen LogP contribution < -0.4 is 0 Å². The molecule has 2 N–H and O–H groups in total. The van der Waals surface area contributed by atoms with Gasteiger partial charge in [0.25, 0.3) is 0 Å². The van der Waals surface area contributed by atoms with Crippen LogP contribution >= 0.6 is 0 Å². The lowest BCUT2D eigenvalue weighted by Crippen LogP contribution is -2.15. The molecular formula is C33H48N2O6. The number of benzene rings is 2. The summed E-state index contributed by atoms with van der Waals surface area (Å²) in [5.41, 5.74) is 0.738. The molecule has 2 aromatic carbocycles. The first-order chi connectivity index (χ1) is 20.0. The number of aromatic hydroxyl groups is 2. The molecule has 226 valence electrons. The van der Waals surface area contributed by atoms with Crippen molar-refractivity contribution < 1.29 is 24.8 Å². The molecule has 0 saturated carbocycles. The molecular weight excluding hydrogens is 520 g/mol. The van der Waals surface area contributed by atoms with Gasteiger partial charge in [-0.2, -0.15) is 0 Å². The molecule has 0 aromatic heterocycles. The second-order valence-electron chi connectivity index (χ2n) is 10.6. The SMILES string of the molecule is CCCCCCCCCCCCCCCCC(CC(=Cc1ccccc1O)O/[N+]([O-])=C/c1ccccc1O)ON=O. The first-order valence-corrected chi connectivity index (χ1v) is 15.3. The molecule has 2 rings (SSSR count). The minimum atomic E-state index is -0.583. The van der Waals surface area contributed by atoms with Crippen LogP contribution in [0.5, 0.6) is 11.5 Å². The van der Waals surface area contributed by atoms with E-state index in [-0.39, 0.29) is 34.1 Å². The Morgan fingerprint density at radius 2 is 1.29 bits per heavy atom. The molecule has 0 radical (unpaired) electrons. The van der Waals surface area contributed by atoms with E-state index in [1.165, 1.54) is 88.8 Å². The molecule has 0 saturated heterocycles. The predicted molar refractivity (Wildman–Crippen MR) is 164 cm³/mol. The highest BCUT2D eigenvalue weighted by Gasteiger charge is 2.16. The summed E-state index contributed by atoms with van der Waals surface area (Å²) in [7, 11) is 0. The van der Waals surface area contributed by atoms with Gasteiger partial charge in [-0.25, -0.2) is 0 Å². The van der Waals surface area contributed by atoms with Crippen LogP contribution in [0.1, 0.15) is 121 Å². The van der Waals surface area contributed by atoms with Gasteiger partial charge >= 0.3 is 0 Å². The zero-order valence-corrected chi connectivity index (χ0v) is 24.6. The fraction of sp³-hybridized carbons (Fsp3) is 0.545. The lowest BCUT2D eigenvalue weighted by Gasteiger charge is -2.17. The molecule has 0 aliphatic carbocycles. The maximum absolute atomic E-state index is 12.6. The normalized spacial score (nSPS) is 12.7. The molecule has 0 amide bonds. The van der Waals surface area contributed by atoms with Gasteiger partial charge in [0.15, 0.2) is 5.34 Å². The molecule has 1 atom stereocenters. The molecule has 0 fully saturated rings. The first kappa shape index (κ1) is 33.7. The molecule has 0 heterocycles. The van der Waals surface area contributed by atoms with Crippen molar-refractivity contribution in [3.05, 3.63) is 75.5 Å². The van der Waals surface area contributed by atoms with Crippen molar-refractivity contribution in [2.24, 2.45) is 5.34 Å². The Hall–Kier alpha value is -3.55. The number of unbranched alkanes of at least 4 members (excludes halogenated alkanes) is 13. The van der Waals surface area contributed by atoms with E-state index in [2.05, 4.69) is 12.3 Å². The number of para-hydroxylation sites is 2. The third-order valence-corrected chi connectivity index (χ3v) is 7.14. The third-order valence-electron chi connectivity index (χ3n) is 7.14. The van der Waals surface area contributed by atoms with Crippen LogP contribution in [0.25, 0.3) is 6.08 Å². The summed E-state index contributed by atoms with van der Waals surface area (Å²) in [5.74, 6) is 0.147. The van der Waals surface area contributed by atoms with E-state index in [1.807, 2.05) is 0 Å². The summed E-state index contributed by atoms with van der Waals surface area (Å²) in [4.78, 5) is 21.8. The van der Waals surface area contributed by atoms with Crippen molar-refractivity contribution in [2.45, 2.75) is 116 Å². The van der Waals surface area contributed by atoms with Gasteiger partial charge in [0.05, 0.1) is 11.3 Å². The fourth-order valence-corrected chi connectivity index (χ4v) is 4.80. The summed E-state index contributed by atoms with van der Waals surface area (Å²) in [6.45, 7) is 2.25. The molecule has 8 nitrogen and oxygen atoms in total. The highest BCUT2D eigenvalue weighted by atomic mass is 16.9.